The molecule has 6 nitrogen and oxygen atoms in total. The molecule has 2 aromatic rings. The number of hydrogen-bond donors (Lipinski definition) is 0. The minimum absolute atomic E-state index is 0.346. The number of ether oxygens (including phenoxy) is 2. The van der Waals surface area contributed by atoms with Crippen LogP contribution >= 0.6 is 0 Å². The van der Waals surface area contributed by atoms with Crippen LogP contribution in [0.25, 0.3) is 0 Å². The fourth-order valence-corrected chi connectivity index (χ4v) is 2.34. The van der Waals surface area contributed by atoms with Gasteiger partial charge in [-0.25, -0.2) is 0 Å². The van der Waals surface area contributed by atoms with E-state index in [1.165, 1.54) is 6.92 Å². The van der Waals surface area contributed by atoms with Gasteiger partial charge in [0.05, 0.1) is 12.3 Å². The monoisotopic (exact) mass is 315 g/mol. The lowest BCUT2D eigenvalue weighted by molar-refractivity contribution is -0.132. The first-order chi connectivity index (χ1) is 11.0. The number of aromatic nitrogens is 3. The average Bonchev–Trinajstić information content (AvgIpc) is 2.91. The zero-order valence-electron chi connectivity index (χ0n) is 14.1. The molecule has 0 unspecified atom stereocenters. The van der Waals surface area contributed by atoms with Crippen LogP contribution < -0.4 is 9.47 Å². The summed E-state index contributed by atoms with van der Waals surface area (Å²) in [5.74, 6) is 0.784. The Balaban J connectivity index is 2.01. The number of rotatable bonds is 7. The normalized spacial score (nSPS) is 10.6. The summed E-state index contributed by atoms with van der Waals surface area (Å²) in [6.45, 7) is 3.84. The van der Waals surface area contributed by atoms with Gasteiger partial charge in [0, 0.05) is 20.2 Å². The van der Waals surface area contributed by atoms with Crippen LogP contribution in [0.2, 0.25) is 0 Å². The van der Waals surface area contributed by atoms with Crippen LogP contribution in [0.4, 0.5) is 0 Å². The Morgan fingerprint density at radius 2 is 2.17 bits per heavy atom. The van der Waals surface area contributed by atoms with E-state index in [-0.39, 0.29) is 5.97 Å². The van der Waals surface area contributed by atoms with Gasteiger partial charge < -0.3 is 9.47 Å². The predicted molar refractivity (Wildman–Crippen MR) is 89.6 cm³/mol. The Morgan fingerprint density at radius 1 is 1.39 bits per heavy atom. The van der Waals surface area contributed by atoms with Gasteiger partial charge in [-0.3, -0.25) is 9.48 Å². The maximum absolute atomic E-state index is 11.3. The molecule has 0 N–H and O–H groups in total. The molecule has 0 spiro atoms. The Morgan fingerprint density at radius 3 is 2.78 bits per heavy atom. The van der Waals surface area contributed by atoms with Crippen molar-refractivity contribution in [1.82, 2.24) is 15.0 Å². The van der Waals surface area contributed by atoms with Crippen molar-refractivity contribution in [3.05, 3.63) is 35.2 Å². The minimum Gasteiger partial charge on any atom is -0.490 e. The largest absolute Gasteiger partial charge is 0.490 e. The third-order valence-corrected chi connectivity index (χ3v) is 3.44. The summed E-state index contributed by atoms with van der Waals surface area (Å²) in [6.07, 6.45) is 4.40. The maximum Gasteiger partial charge on any atom is 0.308 e. The van der Waals surface area contributed by atoms with Crippen molar-refractivity contribution in [3.63, 3.8) is 0 Å². The second-order valence-electron chi connectivity index (χ2n) is 5.52. The van der Waals surface area contributed by atoms with Crippen LogP contribution in [-0.4, -0.2) is 35.4 Å². The van der Waals surface area contributed by atoms with E-state index in [0.717, 1.165) is 36.0 Å². The smallest absolute Gasteiger partial charge is 0.308 e. The molecule has 0 fully saturated rings. The van der Waals surface area contributed by atoms with Crippen molar-refractivity contribution in [2.45, 2.75) is 33.0 Å². The fourth-order valence-electron chi connectivity index (χ4n) is 2.34. The van der Waals surface area contributed by atoms with E-state index in [4.69, 9.17) is 9.47 Å². The van der Waals surface area contributed by atoms with Crippen LogP contribution in [0.5, 0.6) is 11.5 Å². The first-order valence-electron chi connectivity index (χ1n) is 7.79. The summed E-state index contributed by atoms with van der Waals surface area (Å²) in [5.41, 5.74) is 3.00. The van der Waals surface area contributed by atoms with Crippen molar-refractivity contribution in [2.24, 2.45) is 7.05 Å². The molecule has 0 aliphatic rings. The summed E-state index contributed by atoms with van der Waals surface area (Å²) in [6, 6.07) is 3.96. The number of esters is 1. The van der Waals surface area contributed by atoms with E-state index in [9.17, 15) is 4.79 Å². The first-order valence-corrected chi connectivity index (χ1v) is 7.79. The number of aryl methyl sites for hydroxylation is 3. The van der Waals surface area contributed by atoms with Gasteiger partial charge in [-0.15, -0.1) is 5.10 Å². The number of hydrogen-bond acceptors (Lipinski definition) is 5. The molecule has 0 saturated heterocycles. The number of carbonyl (C=O) groups is 1. The topological polar surface area (TPSA) is 66.2 Å². The summed E-state index contributed by atoms with van der Waals surface area (Å²) in [5, 5.41) is 7.95. The number of benzene rings is 1. The molecule has 0 aliphatic carbocycles. The molecule has 23 heavy (non-hydrogen) atoms. The standard InChI is InChI=1S/C16H22BN3O3/c1-11-7-13(9-17)8-15(16(11)23-12(2)21)22-6-4-5-14-10-20(3)19-18-14/h7-8,10H,4-6,9,17H2,1-3H3. The molecular formula is C16H22BN3O3. The van der Waals surface area contributed by atoms with Gasteiger partial charge in [0.2, 0.25) is 0 Å². The summed E-state index contributed by atoms with van der Waals surface area (Å²) in [4.78, 5) is 11.3. The molecule has 0 aliphatic heterocycles. The van der Waals surface area contributed by atoms with Gasteiger partial charge in [0.1, 0.15) is 7.85 Å². The highest BCUT2D eigenvalue weighted by molar-refractivity contribution is 6.08. The molecule has 122 valence electrons. The number of nitrogens with zero attached hydrogens (tertiary/aromatic N) is 3. The van der Waals surface area contributed by atoms with Crippen molar-refractivity contribution < 1.29 is 14.3 Å². The molecular weight excluding hydrogens is 293 g/mol. The van der Waals surface area contributed by atoms with E-state index in [0.29, 0.717) is 18.1 Å². The molecule has 1 heterocycles. The van der Waals surface area contributed by atoms with Gasteiger partial charge in [0.15, 0.2) is 11.5 Å². The van der Waals surface area contributed by atoms with Crippen molar-refractivity contribution >= 4 is 13.8 Å². The molecule has 1 aromatic carbocycles. The number of carbonyl (C=O) groups excluding carboxylic acids is 1. The van der Waals surface area contributed by atoms with Crippen molar-refractivity contribution in [3.8, 4) is 11.5 Å². The maximum atomic E-state index is 11.3. The summed E-state index contributed by atoms with van der Waals surface area (Å²) >= 11 is 0. The Hall–Kier alpha value is -2.31. The SMILES string of the molecule is BCc1cc(C)c(OC(C)=O)c(OCCCc2cn(C)nn2)c1. The Kier molecular flexibility index (Phi) is 5.79. The van der Waals surface area contributed by atoms with Crippen LogP contribution in [0.3, 0.4) is 0 Å². The molecule has 0 saturated carbocycles. The third-order valence-electron chi connectivity index (χ3n) is 3.44. The van der Waals surface area contributed by atoms with Crippen LogP contribution in [-0.2, 0) is 24.6 Å². The van der Waals surface area contributed by atoms with Gasteiger partial charge in [-0.2, -0.15) is 0 Å². The van der Waals surface area contributed by atoms with Crippen LogP contribution in [0, 0.1) is 6.92 Å². The second kappa shape index (κ2) is 7.81. The first kappa shape index (κ1) is 17.1. The quantitative estimate of drug-likeness (QED) is 0.332. The van der Waals surface area contributed by atoms with Gasteiger partial charge in [0.25, 0.3) is 0 Å². The fraction of sp³-hybridized carbons (Fsp3) is 0.438. The lowest BCUT2D eigenvalue weighted by Gasteiger charge is -2.14. The highest BCUT2D eigenvalue weighted by Gasteiger charge is 2.13. The van der Waals surface area contributed by atoms with Crippen molar-refractivity contribution in [2.75, 3.05) is 6.61 Å². The van der Waals surface area contributed by atoms with Crippen LogP contribution in [0.1, 0.15) is 30.2 Å². The minimum atomic E-state index is -0.346. The Bertz CT molecular complexity index is 685. The highest BCUT2D eigenvalue weighted by Crippen LogP contribution is 2.33. The van der Waals surface area contributed by atoms with Crippen LogP contribution in [0.15, 0.2) is 18.3 Å². The van der Waals surface area contributed by atoms with Gasteiger partial charge >= 0.3 is 5.97 Å². The third kappa shape index (κ3) is 4.84. The second-order valence-corrected chi connectivity index (χ2v) is 5.52. The molecule has 0 bridgehead atoms. The van der Waals surface area contributed by atoms with E-state index in [1.54, 1.807) is 4.68 Å². The lowest BCUT2D eigenvalue weighted by atomic mass is 9.95. The molecule has 7 heteroatoms. The van der Waals surface area contributed by atoms with Gasteiger partial charge in [-0.1, -0.05) is 23.2 Å². The van der Waals surface area contributed by atoms with E-state index in [2.05, 4.69) is 18.2 Å². The van der Waals surface area contributed by atoms with Crippen molar-refractivity contribution in [1.29, 1.82) is 0 Å². The Labute approximate surface area is 137 Å². The molecule has 1 aromatic heterocycles. The van der Waals surface area contributed by atoms with E-state index in [1.807, 2.05) is 32.3 Å². The van der Waals surface area contributed by atoms with Gasteiger partial charge in [-0.05, 0) is 31.4 Å². The van der Waals surface area contributed by atoms with E-state index >= 15 is 0 Å². The molecule has 0 atom stereocenters. The molecule has 2 rings (SSSR count). The zero-order chi connectivity index (χ0) is 16.8. The predicted octanol–water partition coefficient (Wildman–Crippen LogP) is 1.19. The lowest BCUT2D eigenvalue weighted by Crippen LogP contribution is -2.08. The highest BCUT2D eigenvalue weighted by atomic mass is 16.6. The summed E-state index contributed by atoms with van der Waals surface area (Å²) < 4.78 is 12.8. The zero-order valence-corrected chi connectivity index (χ0v) is 14.1. The molecule has 0 amide bonds. The molecule has 0 radical (unpaired) electrons. The summed E-state index contributed by atoms with van der Waals surface area (Å²) in [7, 11) is 3.93. The van der Waals surface area contributed by atoms with E-state index < -0.39 is 0 Å². The average molecular weight is 315 g/mol.